The number of nitrogens with zero attached hydrogens (tertiary/aromatic N) is 4. The number of aliphatic hydroxyl groups is 1. The molecule has 136 valence electrons. The third-order valence-corrected chi connectivity index (χ3v) is 3.93. The van der Waals surface area contributed by atoms with Crippen molar-refractivity contribution in [1.29, 1.82) is 0 Å². The van der Waals surface area contributed by atoms with Gasteiger partial charge in [-0.2, -0.15) is 4.80 Å². The highest BCUT2D eigenvalue weighted by Gasteiger charge is 2.11. The second-order valence-corrected chi connectivity index (χ2v) is 5.86. The molecule has 1 aromatic heterocycles. The number of ether oxygens (including phenoxy) is 2. The first-order chi connectivity index (χ1) is 12.7. The van der Waals surface area contributed by atoms with Crippen LogP contribution in [0.1, 0.15) is 12.5 Å². The van der Waals surface area contributed by atoms with E-state index in [2.05, 4.69) is 22.3 Å². The van der Waals surface area contributed by atoms with Gasteiger partial charge in [-0.05, 0) is 41.5 Å². The summed E-state index contributed by atoms with van der Waals surface area (Å²) >= 11 is 0. The topological polar surface area (TPSA) is 82.3 Å². The minimum absolute atomic E-state index is 0.154. The van der Waals surface area contributed by atoms with Crippen LogP contribution in [-0.4, -0.2) is 45.1 Å². The smallest absolute Gasteiger partial charge is 0.205 e. The Hall–Kier alpha value is -2.93. The van der Waals surface area contributed by atoms with Gasteiger partial charge in [0.25, 0.3) is 0 Å². The van der Waals surface area contributed by atoms with Crippen LogP contribution >= 0.6 is 0 Å². The molecule has 7 nitrogen and oxygen atoms in total. The molecule has 3 aromatic rings. The molecule has 0 aliphatic rings. The fraction of sp³-hybridized carbons (Fsp3) is 0.316. The molecule has 0 aliphatic heterocycles. The molecule has 0 saturated carbocycles. The van der Waals surface area contributed by atoms with Crippen molar-refractivity contribution in [2.24, 2.45) is 0 Å². The van der Waals surface area contributed by atoms with Gasteiger partial charge in [-0.3, -0.25) is 0 Å². The van der Waals surface area contributed by atoms with E-state index >= 15 is 0 Å². The molecule has 2 aromatic carbocycles. The van der Waals surface area contributed by atoms with Crippen LogP contribution in [0, 0.1) is 0 Å². The molecule has 0 unspecified atom stereocenters. The fourth-order valence-corrected chi connectivity index (χ4v) is 2.45. The maximum Gasteiger partial charge on any atom is 0.205 e. The predicted octanol–water partition coefficient (Wildman–Crippen LogP) is 2.35. The molecule has 0 radical (unpaired) electrons. The lowest BCUT2D eigenvalue weighted by atomic mass is 10.2. The third kappa shape index (κ3) is 4.58. The van der Waals surface area contributed by atoms with Crippen molar-refractivity contribution in [3.8, 4) is 22.9 Å². The molecule has 1 atom stereocenters. The van der Waals surface area contributed by atoms with E-state index in [4.69, 9.17) is 9.47 Å². The Morgan fingerprint density at radius 2 is 1.92 bits per heavy atom. The van der Waals surface area contributed by atoms with Crippen LogP contribution in [0.4, 0.5) is 0 Å². The summed E-state index contributed by atoms with van der Waals surface area (Å²) in [7, 11) is 1.61. The molecule has 0 bridgehead atoms. The summed E-state index contributed by atoms with van der Waals surface area (Å²) in [5.41, 5.74) is 2.05. The second kappa shape index (κ2) is 8.44. The maximum atomic E-state index is 10.2. The zero-order valence-corrected chi connectivity index (χ0v) is 14.9. The van der Waals surface area contributed by atoms with Crippen molar-refractivity contribution in [2.45, 2.75) is 26.0 Å². The van der Waals surface area contributed by atoms with Crippen LogP contribution in [0.5, 0.6) is 11.5 Å². The van der Waals surface area contributed by atoms with E-state index in [0.29, 0.717) is 5.82 Å². The molecule has 0 saturated heterocycles. The van der Waals surface area contributed by atoms with Crippen molar-refractivity contribution in [2.75, 3.05) is 13.7 Å². The van der Waals surface area contributed by atoms with Crippen LogP contribution in [0.15, 0.2) is 48.5 Å². The fourth-order valence-electron chi connectivity index (χ4n) is 2.45. The van der Waals surface area contributed by atoms with Gasteiger partial charge in [0.2, 0.25) is 5.82 Å². The van der Waals surface area contributed by atoms with Gasteiger partial charge < -0.3 is 14.6 Å². The molecule has 7 heteroatoms. The molecule has 0 aliphatic carbocycles. The van der Waals surface area contributed by atoms with Gasteiger partial charge in [0, 0.05) is 5.56 Å². The molecule has 3 rings (SSSR count). The molecule has 0 fully saturated rings. The maximum absolute atomic E-state index is 10.2. The van der Waals surface area contributed by atoms with Gasteiger partial charge in [-0.25, -0.2) is 0 Å². The number of methoxy groups -OCH3 is 1. The molecule has 0 amide bonds. The molecule has 26 heavy (non-hydrogen) atoms. The normalized spacial score (nSPS) is 12.0. The number of benzene rings is 2. The highest BCUT2D eigenvalue weighted by Crippen LogP contribution is 2.20. The average Bonchev–Trinajstić information content (AvgIpc) is 3.15. The SMILES string of the molecule is CCc1ccc(OC[C@@H](O)Cn2nnc(-c3cccc(OC)c3)n2)cc1. The number of tetrazole rings is 1. The van der Waals surface area contributed by atoms with Crippen molar-refractivity contribution >= 4 is 0 Å². The summed E-state index contributed by atoms with van der Waals surface area (Å²) < 4.78 is 10.8. The van der Waals surface area contributed by atoms with E-state index in [-0.39, 0.29) is 13.2 Å². The molecular weight excluding hydrogens is 332 g/mol. The highest BCUT2D eigenvalue weighted by atomic mass is 16.5. The van der Waals surface area contributed by atoms with Crippen LogP contribution in [-0.2, 0) is 13.0 Å². The van der Waals surface area contributed by atoms with E-state index in [1.165, 1.54) is 10.4 Å². The van der Waals surface area contributed by atoms with Gasteiger partial charge >= 0.3 is 0 Å². The summed E-state index contributed by atoms with van der Waals surface area (Å²) in [6, 6.07) is 15.3. The van der Waals surface area contributed by atoms with Gasteiger partial charge in [-0.1, -0.05) is 31.2 Å². The van der Waals surface area contributed by atoms with Crippen LogP contribution in [0.3, 0.4) is 0 Å². The summed E-state index contributed by atoms with van der Waals surface area (Å²) in [6.07, 6.45) is 0.240. The number of aryl methyl sites for hydroxylation is 1. The van der Waals surface area contributed by atoms with E-state index in [1.807, 2.05) is 48.5 Å². The lowest BCUT2D eigenvalue weighted by Crippen LogP contribution is -2.25. The Labute approximate surface area is 152 Å². The lowest BCUT2D eigenvalue weighted by molar-refractivity contribution is 0.0850. The molecule has 1 heterocycles. The van der Waals surface area contributed by atoms with E-state index in [1.54, 1.807) is 7.11 Å². The highest BCUT2D eigenvalue weighted by molar-refractivity contribution is 5.56. The molecular formula is C19H22N4O3. The van der Waals surface area contributed by atoms with E-state index in [9.17, 15) is 5.11 Å². The number of hydrogen-bond donors (Lipinski definition) is 1. The van der Waals surface area contributed by atoms with Crippen molar-refractivity contribution in [1.82, 2.24) is 20.2 Å². The first-order valence-corrected chi connectivity index (χ1v) is 8.50. The standard InChI is InChI=1S/C19H22N4O3/c1-3-14-7-9-17(10-8-14)26-13-16(24)12-23-21-19(20-22-23)15-5-4-6-18(11-15)25-2/h4-11,16,24H,3,12-13H2,1-2H3/t16-/m0/s1. The van der Waals surface area contributed by atoms with Crippen LogP contribution < -0.4 is 9.47 Å². The van der Waals surface area contributed by atoms with E-state index < -0.39 is 6.10 Å². The van der Waals surface area contributed by atoms with E-state index in [0.717, 1.165) is 23.5 Å². The molecule has 0 spiro atoms. The number of hydrogen-bond acceptors (Lipinski definition) is 6. The Morgan fingerprint density at radius 1 is 1.12 bits per heavy atom. The van der Waals surface area contributed by atoms with Crippen molar-refractivity contribution < 1.29 is 14.6 Å². The first-order valence-electron chi connectivity index (χ1n) is 8.50. The third-order valence-electron chi connectivity index (χ3n) is 3.93. The van der Waals surface area contributed by atoms with Crippen LogP contribution in [0.25, 0.3) is 11.4 Å². The van der Waals surface area contributed by atoms with Crippen molar-refractivity contribution in [3.63, 3.8) is 0 Å². The van der Waals surface area contributed by atoms with Crippen molar-refractivity contribution in [3.05, 3.63) is 54.1 Å². The number of aliphatic hydroxyl groups excluding tert-OH is 1. The summed E-state index contributed by atoms with van der Waals surface area (Å²) in [4.78, 5) is 1.36. The quantitative estimate of drug-likeness (QED) is 0.669. The van der Waals surface area contributed by atoms with Gasteiger partial charge in [0.1, 0.15) is 24.2 Å². The monoisotopic (exact) mass is 354 g/mol. The summed E-state index contributed by atoms with van der Waals surface area (Å²) in [6.45, 7) is 2.45. The molecule has 1 N–H and O–H groups in total. The Balaban J connectivity index is 1.56. The Bertz CT molecular complexity index is 833. The number of aromatic nitrogens is 4. The zero-order chi connectivity index (χ0) is 18.4. The van der Waals surface area contributed by atoms with Gasteiger partial charge in [-0.15, -0.1) is 10.2 Å². The lowest BCUT2D eigenvalue weighted by Gasteiger charge is -2.11. The summed E-state index contributed by atoms with van der Waals surface area (Å²) in [5, 5.41) is 22.5. The minimum atomic E-state index is -0.742. The van der Waals surface area contributed by atoms with Gasteiger partial charge in [0.15, 0.2) is 0 Å². The Kier molecular flexibility index (Phi) is 5.80. The second-order valence-electron chi connectivity index (χ2n) is 5.86. The van der Waals surface area contributed by atoms with Gasteiger partial charge in [0.05, 0.1) is 13.7 Å². The minimum Gasteiger partial charge on any atom is -0.497 e. The van der Waals surface area contributed by atoms with Crippen LogP contribution in [0.2, 0.25) is 0 Å². The first kappa shape index (κ1) is 17.9. The average molecular weight is 354 g/mol. The largest absolute Gasteiger partial charge is 0.497 e. The zero-order valence-electron chi connectivity index (χ0n) is 14.9. The summed E-state index contributed by atoms with van der Waals surface area (Å²) in [5.74, 6) is 1.93. The Morgan fingerprint density at radius 3 is 2.65 bits per heavy atom. The number of rotatable bonds is 8. The predicted molar refractivity (Wildman–Crippen MR) is 97.1 cm³/mol.